The molecule has 0 unspecified atom stereocenters. The summed E-state index contributed by atoms with van der Waals surface area (Å²) in [5.41, 5.74) is 1.78. The first-order chi connectivity index (χ1) is 11.2. The van der Waals surface area contributed by atoms with Crippen LogP contribution in [0.5, 0.6) is 0 Å². The van der Waals surface area contributed by atoms with E-state index in [9.17, 15) is 8.42 Å². The van der Waals surface area contributed by atoms with Crippen molar-refractivity contribution in [3.8, 4) is 11.3 Å². The Labute approximate surface area is 149 Å². The summed E-state index contributed by atoms with van der Waals surface area (Å²) in [4.78, 5) is 5.28. The standard InChI is InChI=1S/C15H17ClN4O2S2/c1-15(2,24(3,21)22)9-17-13-19-20-8-12(18-14(20)23-13)10-4-6-11(16)7-5-10/h4-8H,9H2,1-3H3,(H,17,19). The Bertz CT molecular complexity index is 943. The van der Waals surface area contributed by atoms with Crippen LogP contribution >= 0.6 is 22.9 Å². The molecule has 2 aromatic heterocycles. The number of hydrogen-bond acceptors (Lipinski definition) is 6. The molecular formula is C15H17ClN4O2S2. The Morgan fingerprint density at radius 1 is 1.29 bits per heavy atom. The van der Waals surface area contributed by atoms with E-state index >= 15 is 0 Å². The molecule has 1 aromatic carbocycles. The molecule has 0 amide bonds. The van der Waals surface area contributed by atoms with E-state index in [1.807, 2.05) is 30.5 Å². The number of imidazole rings is 1. The fourth-order valence-electron chi connectivity index (χ4n) is 1.95. The third-order valence-corrected chi connectivity index (χ3v) is 7.14. The maximum absolute atomic E-state index is 11.7. The lowest BCUT2D eigenvalue weighted by atomic mass is 10.2. The molecule has 0 fully saturated rings. The van der Waals surface area contributed by atoms with Crippen molar-refractivity contribution in [2.24, 2.45) is 0 Å². The minimum absolute atomic E-state index is 0.284. The number of fused-ring (bicyclic) bond motifs is 1. The molecule has 0 atom stereocenters. The molecule has 9 heteroatoms. The van der Waals surface area contributed by atoms with E-state index in [0.29, 0.717) is 10.2 Å². The summed E-state index contributed by atoms with van der Waals surface area (Å²) in [5.74, 6) is 0. The third-order valence-electron chi connectivity index (χ3n) is 3.85. The molecule has 0 radical (unpaired) electrons. The Kier molecular flexibility index (Phi) is 4.31. The predicted octanol–water partition coefficient (Wildman–Crippen LogP) is 3.35. The highest BCUT2D eigenvalue weighted by atomic mass is 35.5. The first kappa shape index (κ1) is 17.2. The molecule has 3 rings (SSSR count). The number of benzene rings is 1. The summed E-state index contributed by atoms with van der Waals surface area (Å²) in [6, 6.07) is 7.45. The highest BCUT2D eigenvalue weighted by molar-refractivity contribution is 7.92. The zero-order valence-corrected chi connectivity index (χ0v) is 15.8. The van der Waals surface area contributed by atoms with Gasteiger partial charge >= 0.3 is 0 Å². The van der Waals surface area contributed by atoms with Gasteiger partial charge < -0.3 is 5.32 Å². The van der Waals surface area contributed by atoms with Gasteiger partial charge in [-0.3, -0.25) is 0 Å². The molecule has 0 aliphatic heterocycles. The zero-order chi connectivity index (χ0) is 17.5. The predicted molar refractivity (Wildman–Crippen MR) is 98.7 cm³/mol. The molecule has 3 aromatic rings. The van der Waals surface area contributed by atoms with Crippen molar-refractivity contribution in [2.75, 3.05) is 18.1 Å². The maximum atomic E-state index is 11.7. The molecule has 6 nitrogen and oxygen atoms in total. The molecule has 1 N–H and O–H groups in total. The van der Waals surface area contributed by atoms with Crippen LogP contribution in [0.15, 0.2) is 30.5 Å². The van der Waals surface area contributed by atoms with Gasteiger partial charge in [-0.25, -0.2) is 17.9 Å². The molecule has 0 aliphatic rings. The summed E-state index contributed by atoms with van der Waals surface area (Å²) in [6.45, 7) is 3.66. The molecule has 128 valence electrons. The van der Waals surface area contributed by atoms with E-state index in [1.165, 1.54) is 17.6 Å². The van der Waals surface area contributed by atoms with Crippen LogP contribution in [0.1, 0.15) is 13.8 Å². The lowest BCUT2D eigenvalue weighted by molar-refractivity contribution is 0.559. The van der Waals surface area contributed by atoms with Gasteiger partial charge in [0, 0.05) is 23.4 Å². The summed E-state index contributed by atoms with van der Waals surface area (Å²) in [7, 11) is -3.15. The number of rotatable bonds is 5. The lowest BCUT2D eigenvalue weighted by Gasteiger charge is -2.22. The second-order valence-electron chi connectivity index (χ2n) is 6.15. The van der Waals surface area contributed by atoms with E-state index in [0.717, 1.165) is 16.2 Å². The van der Waals surface area contributed by atoms with Crippen molar-refractivity contribution in [3.05, 3.63) is 35.5 Å². The molecule has 24 heavy (non-hydrogen) atoms. The second-order valence-corrected chi connectivity index (χ2v) is 10.2. The molecule has 0 saturated carbocycles. The summed E-state index contributed by atoms with van der Waals surface area (Å²) >= 11 is 7.27. The van der Waals surface area contributed by atoms with Gasteiger partial charge in [-0.15, -0.1) is 5.10 Å². The van der Waals surface area contributed by atoms with Crippen LogP contribution in [-0.2, 0) is 9.84 Å². The molecule has 0 saturated heterocycles. The van der Waals surface area contributed by atoms with Crippen molar-refractivity contribution in [1.82, 2.24) is 14.6 Å². The molecule has 2 heterocycles. The second kappa shape index (κ2) is 6.02. The minimum Gasteiger partial charge on any atom is -0.359 e. The number of hydrogen-bond donors (Lipinski definition) is 1. The van der Waals surface area contributed by atoms with Gasteiger partial charge in [0.05, 0.1) is 16.6 Å². The van der Waals surface area contributed by atoms with E-state index in [2.05, 4.69) is 15.4 Å². The Morgan fingerprint density at radius 2 is 1.96 bits per heavy atom. The lowest BCUT2D eigenvalue weighted by Crippen LogP contribution is -2.38. The zero-order valence-electron chi connectivity index (χ0n) is 13.4. The summed E-state index contributed by atoms with van der Waals surface area (Å²) in [6.07, 6.45) is 3.07. The van der Waals surface area contributed by atoms with Gasteiger partial charge in [-0.05, 0) is 26.0 Å². The quantitative estimate of drug-likeness (QED) is 0.730. The highest BCUT2D eigenvalue weighted by Crippen LogP contribution is 2.26. The average Bonchev–Trinajstić information content (AvgIpc) is 3.03. The smallest absolute Gasteiger partial charge is 0.214 e. The third kappa shape index (κ3) is 3.40. The van der Waals surface area contributed by atoms with Crippen LogP contribution in [-0.4, -0.2) is 40.6 Å². The molecule has 0 bridgehead atoms. The van der Waals surface area contributed by atoms with E-state index in [4.69, 9.17) is 11.6 Å². The van der Waals surface area contributed by atoms with Gasteiger partial charge in [-0.1, -0.05) is 35.1 Å². The van der Waals surface area contributed by atoms with E-state index < -0.39 is 14.6 Å². The van der Waals surface area contributed by atoms with Crippen LogP contribution in [0.2, 0.25) is 5.02 Å². The number of anilines is 1. The van der Waals surface area contributed by atoms with Gasteiger partial charge in [0.2, 0.25) is 10.1 Å². The van der Waals surface area contributed by atoms with Crippen molar-refractivity contribution < 1.29 is 8.42 Å². The Balaban J connectivity index is 1.79. The van der Waals surface area contributed by atoms with Crippen molar-refractivity contribution in [3.63, 3.8) is 0 Å². The van der Waals surface area contributed by atoms with Crippen LogP contribution in [0, 0.1) is 0 Å². The highest BCUT2D eigenvalue weighted by Gasteiger charge is 2.30. The number of halogens is 1. The van der Waals surface area contributed by atoms with Crippen molar-refractivity contribution in [1.29, 1.82) is 0 Å². The maximum Gasteiger partial charge on any atom is 0.214 e. The summed E-state index contributed by atoms with van der Waals surface area (Å²) < 4.78 is 24.3. The monoisotopic (exact) mass is 384 g/mol. The fourth-order valence-corrected chi connectivity index (χ4v) is 3.19. The van der Waals surface area contributed by atoms with Crippen LogP contribution in [0.4, 0.5) is 5.13 Å². The van der Waals surface area contributed by atoms with Gasteiger partial charge in [0.25, 0.3) is 0 Å². The largest absolute Gasteiger partial charge is 0.359 e. The number of nitrogens with one attached hydrogen (secondary N) is 1. The Hall–Kier alpha value is -1.64. The SMILES string of the molecule is CC(C)(CNc1nn2cc(-c3ccc(Cl)cc3)nc2s1)S(C)(=O)=O. The first-order valence-electron chi connectivity index (χ1n) is 7.21. The van der Waals surface area contributed by atoms with Gasteiger partial charge in [-0.2, -0.15) is 0 Å². The molecule has 0 spiro atoms. The normalized spacial score (nSPS) is 12.7. The van der Waals surface area contributed by atoms with Crippen molar-refractivity contribution in [2.45, 2.75) is 18.6 Å². The van der Waals surface area contributed by atoms with Gasteiger partial charge in [0.15, 0.2) is 9.84 Å². The molecule has 0 aliphatic carbocycles. The fraction of sp³-hybridized carbons (Fsp3) is 0.333. The first-order valence-corrected chi connectivity index (χ1v) is 10.3. The van der Waals surface area contributed by atoms with E-state index in [-0.39, 0.29) is 6.54 Å². The number of aromatic nitrogens is 3. The molecular weight excluding hydrogens is 368 g/mol. The van der Waals surface area contributed by atoms with Crippen LogP contribution in [0.25, 0.3) is 16.2 Å². The Morgan fingerprint density at radius 3 is 2.54 bits per heavy atom. The van der Waals surface area contributed by atoms with Gasteiger partial charge in [0.1, 0.15) is 0 Å². The van der Waals surface area contributed by atoms with E-state index in [1.54, 1.807) is 18.4 Å². The topological polar surface area (TPSA) is 76.4 Å². The van der Waals surface area contributed by atoms with Crippen LogP contribution in [0.3, 0.4) is 0 Å². The van der Waals surface area contributed by atoms with Crippen LogP contribution < -0.4 is 5.32 Å². The number of nitrogens with zero attached hydrogens (tertiary/aromatic N) is 3. The minimum atomic E-state index is -3.15. The summed E-state index contributed by atoms with van der Waals surface area (Å²) in [5, 5.41) is 8.80. The van der Waals surface area contributed by atoms with Crippen molar-refractivity contribution >= 4 is 42.9 Å². The number of sulfone groups is 1. The average molecular weight is 385 g/mol.